The first-order valence-corrected chi connectivity index (χ1v) is 10.3. The Labute approximate surface area is 177 Å². The third-order valence-corrected chi connectivity index (χ3v) is 5.08. The van der Waals surface area contributed by atoms with Gasteiger partial charge in [0.2, 0.25) is 0 Å². The summed E-state index contributed by atoms with van der Waals surface area (Å²) in [5.41, 5.74) is 3.53. The molecule has 1 unspecified atom stereocenters. The minimum absolute atomic E-state index is 0.163. The molecule has 5 heteroatoms. The summed E-state index contributed by atoms with van der Waals surface area (Å²) >= 11 is 0. The van der Waals surface area contributed by atoms with Crippen LogP contribution in [-0.4, -0.2) is 28.3 Å². The second-order valence-corrected chi connectivity index (χ2v) is 8.75. The monoisotopic (exact) mass is 401 g/mol. The lowest BCUT2D eigenvalue weighted by atomic mass is 9.93. The van der Waals surface area contributed by atoms with E-state index in [9.17, 15) is 4.79 Å². The van der Waals surface area contributed by atoms with Crippen LogP contribution in [0.3, 0.4) is 0 Å². The molecule has 0 aliphatic carbocycles. The molecule has 0 amide bonds. The van der Waals surface area contributed by atoms with Crippen LogP contribution in [0.15, 0.2) is 66.7 Å². The molecule has 1 aliphatic heterocycles. The molecule has 3 aromatic rings. The molecule has 0 N–H and O–H groups in total. The molecule has 2 aromatic carbocycles. The predicted octanol–water partition coefficient (Wildman–Crippen LogP) is 4.66. The lowest BCUT2D eigenvalue weighted by molar-refractivity contribution is -0.159. The summed E-state index contributed by atoms with van der Waals surface area (Å²) < 4.78 is 5.70. The third kappa shape index (κ3) is 4.67. The molecule has 4 rings (SSSR count). The Bertz CT molecular complexity index is 1010. The maximum Gasteiger partial charge on any atom is 0.311 e. The van der Waals surface area contributed by atoms with Crippen molar-refractivity contribution in [3.63, 3.8) is 0 Å². The summed E-state index contributed by atoms with van der Waals surface area (Å²) in [7, 11) is 0. The number of hydrogen-bond acceptors (Lipinski definition) is 5. The van der Waals surface area contributed by atoms with Gasteiger partial charge < -0.3 is 9.64 Å². The smallest absolute Gasteiger partial charge is 0.311 e. The highest BCUT2D eigenvalue weighted by Crippen LogP contribution is 2.32. The molecule has 30 heavy (non-hydrogen) atoms. The number of esters is 1. The Hall–Kier alpha value is -3.21. The Kier molecular flexibility index (Phi) is 5.53. The van der Waals surface area contributed by atoms with Gasteiger partial charge in [0, 0.05) is 18.7 Å². The number of ether oxygens (including phenoxy) is 1. The molecule has 0 radical (unpaired) electrons. The molecule has 0 fully saturated rings. The molecule has 0 saturated heterocycles. The third-order valence-electron chi connectivity index (χ3n) is 5.08. The number of carbonyl (C=O) groups is 1. The molecule has 1 atom stereocenters. The standard InChI is InChI=1S/C25H27N3O2/c1-25(2,3)30-24(29)21-14-20-15-22(19-12-8-5-9-13-19)26-27-23(20)28(17-21)16-18-10-6-4-7-11-18/h4-13,15,21H,14,16-17H2,1-3H3. The van der Waals surface area contributed by atoms with E-state index in [0.29, 0.717) is 19.5 Å². The SMILES string of the molecule is CC(C)(C)OC(=O)C1Cc2cc(-c3ccccc3)nnc2N(Cc2ccccc2)C1. The van der Waals surface area contributed by atoms with Crippen molar-refractivity contribution in [2.45, 2.75) is 39.3 Å². The molecule has 2 heterocycles. The van der Waals surface area contributed by atoms with Crippen molar-refractivity contribution in [3.8, 4) is 11.3 Å². The van der Waals surface area contributed by atoms with Gasteiger partial charge in [0.25, 0.3) is 0 Å². The molecule has 1 aliphatic rings. The lowest BCUT2D eigenvalue weighted by Crippen LogP contribution is -2.41. The van der Waals surface area contributed by atoms with Crippen molar-refractivity contribution in [1.82, 2.24) is 10.2 Å². The molecule has 0 bridgehead atoms. The number of carbonyl (C=O) groups excluding carboxylic acids is 1. The van der Waals surface area contributed by atoms with Gasteiger partial charge in [-0.2, -0.15) is 0 Å². The summed E-state index contributed by atoms with van der Waals surface area (Å²) in [6.07, 6.45) is 0.602. The number of rotatable bonds is 4. The number of nitrogens with zero attached hydrogens (tertiary/aromatic N) is 3. The Morgan fingerprint density at radius 2 is 1.70 bits per heavy atom. The van der Waals surface area contributed by atoms with E-state index in [1.165, 1.54) is 5.56 Å². The zero-order chi connectivity index (χ0) is 21.1. The van der Waals surface area contributed by atoms with Gasteiger partial charge in [-0.05, 0) is 44.4 Å². The first-order valence-electron chi connectivity index (χ1n) is 10.3. The molecular weight excluding hydrogens is 374 g/mol. The average Bonchev–Trinajstić information content (AvgIpc) is 2.73. The highest BCUT2D eigenvalue weighted by atomic mass is 16.6. The normalized spacial score (nSPS) is 16.1. The highest BCUT2D eigenvalue weighted by Gasteiger charge is 2.33. The van der Waals surface area contributed by atoms with E-state index in [4.69, 9.17) is 4.74 Å². The largest absolute Gasteiger partial charge is 0.460 e. The first kappa shape index (κ1) is 20.1. The lowest BCUT2D eigenvalue weighted by Gasteiger charge is -2.35. The van der Waals surface area contributed by atoms with E-state index in [0.717, 1.165) is 22.6 Å². The fraction of sp³-hybridized carbons (Fsp3) is 0.320. The van der Waals surface area contributed by atoms with Crippen LogP contribution >= 0.6 is 0 Å². The number of aromatic nitrogens is 2. The fourth-order valence-corrected chi connectivity index (χ4v) is 3.76. The summed E-state index contributed by atoms with van der Waals surface area (Å²) in [4.78, 5) is 15.0. The van der Waals surface area contributed by atoms with Gasteiger partial charge >= 0.3 is 5.97 Å². The van der Waals surface area contributed by atoms with Gasteiger partial charge in [-0.15, -0.1) is 10.2 Å². The van der Waals surface area contributed by atoms with Crippen molar-refractivity contribution in [2.24, 2.45) is 5.92 Å². The van der Waals surface area contributed by atoms with Gasteiger partial charge in [0.15, 0.2) is 5.82 Å². The maximum atomic E-state index is 12.9. The zero-order valence-electron chi connectivity index (χ0n) is 17.7. The molecule has 0 saturated carbocycles. The van der Waals surface area contributed by atoms with E-state index in [-0.39, 0.29) is 11.9 Å². The summed E-state index contributed by atoms with van der Waals surface area (Å²) in [6, 6.07) is 22.3. The van der Waals surface area contributed by atoms with E-state index >= 15 is 0 Å². The van der Waals surface area contributed by atoms with Crippen LogP contribution < -0.4 is 4.90 Å². The van der Waals surface area contributed by atoms with Crippen molar-refractivity contribution >= 4 is 11.8 Å². The highest BCUT2D eigenvalue weighted by molar-refractivity contribution is 5.76. The van der Waals surface area contributed by atoms with Gasteiger partial charge in [-0.25, -0.2) is 0 Å². The molecule has 154 valence electrons. The Morgan fingerprint density at radius 3 is 2.37 bits per heavy atom. The van der Waals surface area contributed by atoms with Crippen molar-refractivity contribution in [3.05, 3.63) is 77.9 Å². The number of fused-ring (bicyclic) bond motifs is 1. The topological polar surface area (TPSA) is 55.3 Å². The number of anilines is 1. The van der Waals surface area contributed by atoms with Crippen molar-refractivity contribution < 1.29 is 9.53 Å². The Morgan fingerprint density at radius 1 is 1.03 bits per heavy atom. The predicted molar refractivity (Wildman–Crippen MR) is 118 cm³/mol. The average molecular weight is 402 g/mol. The van der Waals surface area contributed by atoms with E-state index < -0.39 is 5.60 Å². The van der Waals surface area contributed by atoms with Gasteiger partial charge in [0.05, 0.1) is 11.6 Å². The summed E-state index contributed by atoms with van der Waals surface area (Å²) in [6.45, 7) is 6.95. The number of benzene rings is 2. The quantitative estimate of drug-likeness (QED) is 0.595. The van der Waals surface area contributed by atoms with Crippen molar-refractivity contribution in [2.75, 3.05) is 11.4 Å². The summed E-state index contributed by atoms with van der Waals surface area (Å²) in [5.74, 6) is 0.441. The van der Waals surface area contributed by atoms with Crippen LogP contribution in [0.25, 0.3) is 11.3 Å². The number of hydrogen-bond donors (Lipinski definition) is 0. The minimum Gasteiger partial charge on any atom is -0.460 e. The van der Waals surface area contributed by atoms with Crippen LogP contribution in [0.5, 0.6) is 0 Å². The minimum atomic E-state index is -0.507. The molecule has 0 spiro atoms. The Balaban J connectivity index is 1.68. The van der Waals surface area contributed by atoms with Crippen LogP contribution in [-0.2, 0) is 22.5 Å². The van der Waals surface area contributed by atoms with Crippen LogP contribution in [0, 0.1) is 5.92 Å². The molecule has 1 aromatic heterocycles. The van der Waals surface area contributed by atoms with Gasteiger partial charge in [0.1, 0.15) is 5.60 Å². The van der Waals surface area contributed by atoms with E-state index in [1.807, 2.05) is 69.3 Å². The fourth-order valence-electron chi connectivity index (χ4n) is 3.76. The van der Waals surface area contributed by atoms with Crippen LogP contribution in [0.4, 0.5) is 5.82 Å². The second-order valence-electron chi connectivity index (χ2n) is 8.75. The van der Waals surface area contributed by atoms with E-state index in [1.54, 1.807) is 0 Å². The first-order chi connectivity index (χ1) is 14.4. The van der Waals surface area contributed by atoms with Gasteiger partial charge in [-0.3, -0.25) is 4.79 Å². The van der Waals surface area contributed by atoms with E-state index in [2.05, 4.69) is 33.3 Å². The second kappa shape index (κ2) is 8.27. The van der Waals surface area contributed by atoms with Crippen LogP contribution in [0.1, 0.15) is 31.9 Å². The van der Waals surface area contributed by atoms with Gasteiger partial charge in [-0.1, -0.05) is 60.7 Å². The van der Waals surface area contributed by atoms with Crippen molar-refractivity contribution in [1.29, 1.82) is 0 Å². The molecule has 5 nitrogen and oxygen atoms in total. The maximum absolute atomic E-state index is 12.9. The molecular formula is C25H27N3O2. The van der Waals surface area contributed by atoms with Crippen LogP contribution in [0.2, 0.25) is 0 Å². The summed E-state index contributed by atoms with van der Waals surface area (Å²) in [5, 5.41) is 9.04. The zero-order valence-corrected chi connectivity index (χ0v) is 17.7.